The number of carbonyl (C=O) groups excluding carboxylic acids is 1. The van der Waals surface area contributed by atoms with Gasteiger partial charge >= 0.3 is 6.36 Å². The number of carbonyl (C=O) groups is 1. The molecule has 0 saturated carbocycles. The number of para-hydroxylation sites is 1. The normalized spacial score (nSPS) is 24.4. The van der Waals surface area contributed by atoms with Crippen LogP contribution in [-0.4, -0.2) is 43.4 Å². The zero-order chi connectivity index (χ0) is 24.5. The summed E-state index contributed by atoms with van der Waals surface area (Å²) >= 11 is 0. The van der Waals surface area contributed by atoms with Gasteiger partial charge < -0.3 is 19.7 Å². The van der Waals surface area contributed by atoms with Crippen LogP contribution in [0, 0.1) is 11.6 Å². The van der Waals surface area contributed by atoms with Gasteiger partial charge in [-0.25, -0.2) is 8.78 Å². The van der Waals surface area contributed by atoms with Gasteiger partial charge in [0.15, 0.2) is 17.4 Å². The Kier molecular flexibility index (Phi) is 6.68. The molecule has 0 bridgehead atoms. The molecule has 11 heteroatoms. The molecule has 1 amide bonds. The van der Waals surface area contributed by atoms with Gasteiger partial charge in [0, 0.05) is 29.8 Å². The summed E-state index contributed by atoms with van der Waals surface area (Å²) in [4.78, 5) is 14.5. The lowest BCUT2D eigenvalue weighted by Crippen LogP contribution is -2.58. The number of ether oxygens (including phenoxy) is 2. The van der Waals surface area contributed by atoms with Gasteiger partial charge in [0.2, 0.25) is 5.91 Å². The lowest BCUT2D eigenvalue weighted by Gasteiger charge is -2.42. The minimum Gasteiger partial charge on any atom is -0.405 e. The summed E-state index contributed by atoms with van der Waals surface area (Å²) < 4.78 is 74.9. The van der Waals surface area contributed by atoms with Gasteiger partial charge in [-0.15, -0.1) is 13.2 Å². The maximum atomic E-state index is 13.9. The van der Waals surface area contributed by atoms with Crippen molar-refractivity contribution < 1.29 is 36.2 Å². The third kappa shape index (κ3) is 5.76. The molecule has 2 unspecified atom stereocenters. The van der Waals surface area contributed by atoms with E-state index in [1.54, 1.807) is 0 Å². The topological polar surface area (TPSA) is 66.1 Å². The third-order valence-electron chi connectivity index (χ3n) is 5.86. The summed E-state index contributed by atoms with van der Waals surface area (Å²) in [5.41, 5.74) is -0.159. The van der Waals surface area contributed by atoms with Crippen LogP contribution in [0.15, 0.2) is 42.5 Å². The summed E-state index contributed by atoms with van der Waals surface area (Å²) in [6.45, 7) is 2.76. The largest absolute Gasteiger partial charge is 0.573 e. The quantitative estimate of drug-likeness (QED) is 0.461. The van der Waals surface area contributed by atoms with Crippen molar-refractivity contribution in [3.05, 3.63) is 59.7 Å². The molecule has 2 saturated heterocycles. The van der Waals surface area contributed by atoms with E-state index in [0.717, 1.165) is 18.2 Å². The van der Waals surface area contributed by atoms with E-state index in [9.17, 15) is 26.7 Å². The number of hydrogen-bond acceptors (Lipinski definition) is 5. The molecule has 2 N–H and O–H groups in total. The second kappa shape index (κ2) is 9.38. The maximum absolute atomic E-state index is 13.9. The van der Waals surface area contributed by atoms with Crippen molar-refractivity contribution in [3.8, 4) is 5.75 Å². The average molecular weight is 485 g/mol. The van der Waals surface area contributed by atoms with E-state index in [-0.39, 0.29) is 24.2 Å². The first kappa shape index (κ1) is 24.2. The standard InChI is InChI=1S/C23H24F5N3O3/c1-22(13-33-22)31(16-6-7-17(24)18(25)12-16)20-11-15(8-9-29-20)30-21(32)10-14-4-2-3-5-19(14)34-23(26,27)28/h2-7,12,15,20,29H,8-11,13H2,1H3,(H,30,32)/t15?,20?,22-/m0/s1. The van der Waals surface area contributed by atoms with Crippen molar-refractivity contribution in [2.45, 2.75) is 50.5 Å². The van der Waals surface area contributed by atoms with Crippen LogP contribution in [0.2, 0.25) is 0 Å². The van der Waals surface area contributed by atoms with Gasteiger partial charge in [0.05, 0.1) is 19.2 Å². The van der Waals surface area contributed by atoms with Crippen molar-refractivity contribution in [2.24, 2.45) is 0 Å². The predicted molar refractivity (Wildman–Crippen MR) is 113 cm³/mol. The smallest absolute Gasteiger partial charge is 0.405 e. The molecule has 6 nitrogen and oxygen atoms in total. The molecule has 2 aliphatic heterocycles. The van der Waals surface area contributed by atoms with Gasteiger partial charge in [-0.05, 0) is 38.1 Å². The predicted octanol–water partition coefficient (Wildman–Crippen LogP) is 3.85. The fourth-order valence-corrected chi connectivity index (χ4v) is 4.21. The van der Waals surface area contributed by atoms with Gasteiger partial charge in [-0.2, -0.15) is 0 Å². The highest BCUT2D eigenvalue weighted by Crippen LogP contribution is 2.38. The molecule has 34 heavy (non-hydrogen) atoms. The van der Waals surface area contributed by atoms with Crippen LogP contribution in [0.3, 0.4) is 0 Å². The Labute approximate surface area is 193 Å². The van der Waals surface area contributed by atoms with Gasteiger partial charge in [0.25, 0.3) is 0 Å². The number of halogens is 5. The monoisotopic (exact) mass is 485 g/mol. The number of hydrogen-bond donors (Lipinski definition) is 2. The number of anilines is 1. The molecule has 2 heterocycles. The Morgan fingerprint density at radius 1 is 1.24 bits per heavy atom. The van der Waals surface area contributed by atoms with Gasteiger partial charge in [-0.3, -0.25) is 10.1 Å². The molecule has 2 fully saturated rings. The van der Waals surface area contributed by atoms with E-state index in [4.69, 9.17) is 4.74 Å². The number of rotatable bonds is 7. The van der Waals surface area contributed by atoms with Crippen molar-refractivity contribution >= 4 is 11.6 Å². The van der Waals surface area contributed by atoms with Crippen LogP contribution < -0.4 is 20.3 Å². The molecular formula is C23H24F5N3O3. The molecule has 4 rings (SSSR count). The summed E-state index contributed by atoms with van der Waals surface area (Å²) in [6, 6.07) is 8.82. The van der Waals surface area contributed by atoms with E-state index in [1.165, 1.54) is 24.3 Å². The first-order valence-electron chi connectivity index (χ1n) is 10.8. The molecule has 0 aromatic heterocycles. The fraction of sp³-hybridized carbons (Fsp3) is 0.435. The van der Waals surface area contributed by atoms with E-state index in [1.807, 2.05) is 11.8 Å². The number of epoxide rings is 1. The molecule has 2 aliphatic rings. The Balaban J connectivity index is 1.44. The zero-order valence-corrected chi connectivity index (χ0v) is 18.3. The van der Waals surface area contributed by atoms with E-state index in [2.05, 4.69) is 15.4 Å². The van der Waals surface area contributed by atoms with Crippen LogP contribution in [0.5, 0.6) is 5.75 Å². The summed E-state index contributed by atoms with van der Waals surface area (Å²) in [5.74, 6) is -2.80. The molecule has 0 radical (unpaired) electrons. The second-order valence-corrected chi connectivity index (χ2v) is 8.52. The number of piperidine rings is 1. The maximum Gasteiger partial charge on any atom is 0.573 e. The van der Waals surface area contributed by atoms with Crippen LogP contribution in [0.1, 0.15) is 25.3 Å². The molecule has 0 aliphatic carbocycles. The first-order chi connectivity index (χ1) is 16.0. The zero-order valence-electron chi connectivity index (χ0n) is 18.3. The summed E-state index contributed by atoms with van der Waals surface area (Å²) in [5, 5.41) is 6.19. The number of amides is 1. The fourth-order valence-electron chi connectivity index (χ4n) is 4.21. The lowest BCUT2D eigenvalue weighted by atomic mass is 10.0. The molecule has 2 aromatic rings. The van der Waals surface area contributed by atoms with Crippen LogP contribution in [0.4, 0.5) is 27.6 Å². The first-order valence-corrected chi connectivity index (χ1v) is 10.8. The van der Waals surface area contributed by atoms with Crippen molar-refractivity contribution in [1.82, 2.24) is 10.6 Å². The highest BCUT2D eigenvalue weighted by atomic mass is 19.4. The minimum absolute atomic E-state index is 0.116. The molecular weight excluding hydrogens is 461 g/mol. The lowest BCUT2D eigenvalue weighted by molar-refractivity contribution is -0.274. The minimum atomic E-state index is -4.86. The third-order valence-corrected chi connectivity index (χ3v) is 5.86. The molecule has 184 valence electrons. The molecule has 3 atom stereocenters. The molecule has 2 aromatic carbocycles. The highest BCUT2D eigenvalue weighted by molar-refractivity contribution is 5.79. The SMILES string of the molecule is C[C@@]1(N(c2ccc(F)c(F)c2)C2CC(NC(=O)Cc3ccccc3OC(F)(F)F)CCN2)CO1. The summed E-state index contributed by atoms with van der Waals surface area (Å²) in [7, 11) is 0. The van der Waals surface area contributed by atoms with Crippen LogP contribution >= 0.6 is 0 Å². The second-order valence-electron chi connectivity index (χ2n) is 8.52. The number of nitrogens with zero attached hydrogens (tertiary/aromatic N) is 1. The van der Waals surface area contributed by atoms with E-state index < -0.39 is 35.4 Å². The van der Waals surface area contributed by atoms with Gasteiger partial charge in [-0.1, -0.05) is 18.2 Å². The van der Waals surface area contributed by atoms with E-state index in [0.29, 0.717) is 31.7 Å². The van der Waals surface area contributed by atoms with Gasteiger partial charge in [0.1, 0.15) is 5.75 Å². The number of alkyl halides is 3. The van der Waals surface area contributed by atoms with Crippen LogP contribution in [-0.2, 0) is 16.0 Å². The summed E-state index contributed by atoms with van der Waals surface area (Å²) in [6.07, 6.45) is -4.48. The Morgan fingerprint density at radius 2 is 1.97 bits per heavy atom. The Bertz CT molecular complexity index is 1040. The van der Waals surface area contributed by atoms with Crippen molar-refractivity contribution in [2.75, 3.05) is 18.1 Å². The Hall–Kier alpha value is -2.92. The number of nitrogens with one attached hydrogen (secondary N) is 2. The average Bonchev–Trinajstić information content (AvgIpc) is 3.49. The number of benzene rings is 2. The highest BCUT2D eigenvalue weighted by Gasteiger charge is 2.49. The van der Waals surface area contributed by atoms with Crippen molar-refractivity contribution in [1.29, 1.82) is 0 Å². The Morgan fingerprint density at radius 3 is 2.65 bits per heavy atom. The van der Waals surface area contributed by atoms with E-state index >= 15 is 0 Å². The molecule has 0 spiro atoms. The van der Waals surface area contributed by atoms with Crippen molar-refractivity contribution in [3.63, 3.8) is 0 Å². The van der Waals surface area contributed by atoms with Crippen LogP contribution in [0.25, 0.3) is 0 Å².